The van der Waals surface area contributed by atoms with E-state index >= 15 is 0 Å². The van der Waals surface area contributed by atoms with E-state index in [-0.39, 0.29) is 5.56 Å². The average Bonchev–Trinajstić information content (AvgIpc) is 2.34. The van der Waals surface area contributed by atoms with E-state index in [1.54, 1.807) is 6.07 Å². The number of allylic oxidation sites excluding steroid dienone is 1. The lowest BCUT2D eigenvalue weighted by atomic mass is 10.2. The van der Waals surface area contributed by atoms with Crippen LogP contribution in [0, 0.1) is 0 Å². The third-order valence-corrected chi connectivity index (χ3v) is 2.65. The van der Waals surface area contributed by atoms with E-state index in [4.69, 9.17) is 4.74 Å². The molecule has 1 N–H and O–H groups in total. The molecule has 0 saturated heterocycles. The normalized spacial score (nSPS) is 10.3. The van der Waals surface area contributed by atoms with Crippen molar-refractivity contribution in [1.29, 1.82) is 0 Å². The fraction of sp³-hybridized carbons (Fsp3) is 0.267. The number of benzene rings is 1. The molecule has 1 aromatic carbocycles. The van der Waals surface area contributed by atoms with Gasteiger partial charge >= 0.3 is 0 Å². The minimum atomic E-state index is -0.175. The van der Waals surface area contributed by atoms with Gasteiger partial charge in [0.1, 0.15) is 0 Å². The highest BCUT2D eigenvalue weighted by Gasteiger charge is 2.02. The molecule has 0 atom stereocenters. The lowest BCUT2D eigenvalue weighted by molar-refractivity contribution is 0.320. The maximum Gasteiger partial charge on any atom is 0.290 e. The monoisotopic (exact) mass is 243 g/mol. The fourth-order valence-electron chi connectivity index (χ4n) is 1.75. The molecule has 94 valence electrons. The third kappa shape index (κ3) is 3.00. The summed E-state index contributed by atoms with van der Waals surface area (Å²) in [5.41, 5.74) is 1.91. The van der Waals surface area contributed by atoms with Crippen molar-refractivity contribution < 1.29 is 4.74 Å². The molecule has 0 aliphatic rings. The van der Waals surface area contributed by atoms with Gasteiger partial charge in [-0.3, -0.25) is 4.79 Å². The molecule has 18 heavy (non-hydrogen) atoms. The van der Waals surface area contributed by atoms with Gasteiger partial charge < -0.3 is 9.72 Å². The number of aromatic nitrogens is 1. The molecule has 0 spiro atoms. The number of ether oxygens (including phenoxy) is 1. The molecule has 3 nitrogen and oxygen atoms in total. The Kier molecular flexibility index (Phi) is 3.82. The van der Waals surface area contributed by atoms with Crippen LogP contribution >= 0.6 is 0 Å². The van der Waals surface area contributed by atoms with Crippen LogP contribution < -0.4 is 10.3 Å². The molecule has 0 bridgehead atoms. The van der Waals surface area contributed by atoms with E-state index in [0.717, 1.165) is 17.3 Å². The maximum absolute atomic E-state index is 11.8. The molecule has 0 aliphatic heterocycles. The zero-order chi connectivity index (χ0) is 13.0. The highest BCUT2D eigenvalue weighted by molar-refractivity contribution is 5.79. The number of pyridine rings is 1. The molecule has 1 heterocycles. The number of fused-ring (bicyclic) bond motifs is 1. The highest BCUT2D eigenvalue weighted by atomic mass is 16.5. The largest absolute Gasteiger partial charge is 0.488 e. The zero-order valence-electron chi connectivity index (χ0n) is 10.7. The van der Waals surface area contributed by atoms with E-state index < -0.39 is 0 Å². The first-order valence-electron chi connectivity index (χ1n) is 6.05. The molecular weight excluding hydrogens is 226 g/mol. The lowest BCUT2D eigenvalue weighted by Gasteiger charge is -2.05. The number of H-pyrrole nitrogens is 1. The number of nitrogens with one attached hydrogen (secondary N) is 1. The Balaban J connectivity index is 2.16. The maximum atomic E-state index is 11.8. The fourth-order valence-corrected chi connectivity index (χ4v) is 1.75. The quantitative estimate of drug-likeness (QED) is 0.661. The predicted molar refractivity (Wildman–Crippen MR) is 74.1 cm³/mol. The summed E-state index contributed by atoms with van der Waals surface area (Å²) in [4.78, 5) is 14.6. The smallest absolute Gasteiger partial charge is 0.290 e. The Labute approximate surface area is 106 Å². The average molecular weight is 243 g/mol. The van der Waals surface area contributed by atoms with Crippen LogP contribution in [0.5, 0.6) is 5.75 Å². The number of rotatable bonds is 4. The molecular formula is C15H17NO2. The van der Waals surface area contributed by atoms with Gasteiger partial charge in [-0.05, 0) is 32.4 Å². The summed E-state index contributed by atoms with van der Waals surface area (Å²) < 4.78 is 5.51. The van der Waals surface area contributed by atoms with Crippen LogP contribution in [0.2, 0.25) is 0 Å². The third-order valence-electron chi connectivity index (χ3n) is 2.65. The van der Waals surface area contributed by atoms with E-state index in [9.17, 15) is 4.79 Å². The second kappa shape index (κ2) is 5.54. The molecule has 0 radical (unpaired) electrons. The number of hydrogen-bond acceptors (Lipinski definition) is 2. The van der Waals surface area contributed by atoms with Crippen LogP contribution in [-0.4, -0.2) is 11.6 Å². The topological polar surface area (TPSA) is 42.1 Å². The molecule has 0 saturated carbocycles. The van der Waals surface area contributed by atoms with Crippen molar-refractivity contribution in [1.82, 2.24) is 4.98 Å². The van der Waals surface area contributed by atoms with Gasteiger partial charge in [0.15, 0.2) is 5.75 Å². The zero-order valence-corrected chi connectivity index (χ0v) is 10.7. The molecule has 2 rings (SSSR count). The molecule has 0 aliphatic carbocycles. The van der Waals surface area contributed by atoms with E-state index in [1.165, 1.54) is 5.57 Å². The number of hydrogen-bond donors (Lipinski definition) is 1. The van der Waals surface area contributed by atoms with Crippen molar-refractivity contribution in [2.45, 2.75) is 20.3 Å². The van der Waals surface area contributed by atoms with Gasteiger partial charge in [-0.1, -0.05) is 29.8 Å². The summed E-state index contributed by atoms with van der Waals surface area (Å²) in [6, 6.07) is 9.45. The second-order valence-corrected chi connectivity index (χ2v) is 4.47. The van der Waals surface area contributed by atoms with E-state index in [0.29, 0.717) is 12.4 Å². The molecule has 0 amide bonds. The Hall–Kier alpha value is -2.03. The van der Waals surface area contributed by atoms with Crippen molar-refractivity contribution >= 4 is 10.9 Å². The summed E-state index contributed by atoms with van der Waals surface area (Å²) in [5, 5.41) is 0.981. The van der Waals surface area contributed by atoms with Gasteiger partial charge in [-0.2, -0.15) is 0 Å². The van der Waals surface area contributed by atoms with Crippen molar-refractivity contribution in [3.63, 3.8) is 0 Å². The van der Waals surface area contributed by atoms with E-state index in [1.807, 2.05) is 38.1 Å². The van der Waals surface area contributed by atoms with Gasteiger partial charge in [-0.15, -0.1) is 0 Å². The molecule has 1 aromatic heterocycles. The Bertz CT molecular complexity index is 622. The summed E-state index contributed by atoms with van der Waals surface area (Å²) in [6.45, 7) is 4.61. The summed E-state index contributed by atoms with van der Waals surface area (Å²) in [5.74, 6) is 0.385. The van der Waals surface area contributed by atoms with Gasteiger partial charge in [0.2, 0.25) is 0 Å². The summed E-state index contributed by atoms with van der Waals surface area (Å²) in [6.07, 6.45) is 2.91. The van der Waals surface area contributed by atoms with Crippen molar-refractivity contribution in [2.75, 3.05) is 6.61 Å². The first kappa shape index (κ1) is 12.4. The van der Waals surface area contributed by atoms with Crippen LogP contribution in [0.4, 0.5) is 0 Å². The lowest BCUT2D eigenvalue weighted by Crippen LogP contribution is -2.11. The summed E-state index contributed by atoms with van der Waals surface area (Å²) >= 11 is 0. The highest BCUT2D eigenvalue weighted by Crippen LogP contribution is 2.14. The standard InChI is InChI=1S/C15H17NO2/c1-11(2)6-5-9-18-14-10-12-7-3-4-8-13(12)16-15(14)17/h3-4,6-8,10H,5,9H2,1-2H3,(H,16,17). The molecule has 3 heteroatoms. The Morgan fingerprint density at radius 1 is 1.33 bits per heavy atom. The van der Waals surface area contributed by atoms with E-state index in [2.05, 4.69) is 11.1 Å². The van der Waals surface area contributed by atoms with Gasteiger partial charge in [-0.25, -0.2) is 0 Å². The Morgan fingerprint density at radius 2 is 2.11 bits per heavy atom. The molecule has 0 fully saturated rings. The SMILES string of the molecule is CC(C)=CCCOc1cc2ccccc2[nH]c1=O. The van der Waals surface area contributed by atoms with Gasteiger partial charge in [0, 0.05) is 10.9 Å². The predicted octanol–water partition coefficient (Wildman–Crippen LogP) is 3.26. The second-order valence-electron chi connectivity index (χ2n) is 4.47. The van der Waals surface area contributed by atoms with Gasteiger partial charge in [0.25, 0.3) is 5.56 Å². The Morgan fingerprint density at radius 3 is 2.89 bits per heavy atom. The van der Waals surface area contributed by atoms with Gasteiger partial charge in [0.05, 0.1) is 6.61 Å². The minimum Gasteiger partial charge on any atom is -0.488 e. The first-order valence-corrected chi connectivity index (χ1v) is 6.05. The van der Waals surface area contributed by atoms with Crippen LogP contribution in [0.1, 0.15) is 20.3 Å². The van der Waals surface area contributed by atoms with Crippen molar-refractivity contribution in [3.05, 3.63) is 52.3 Å². The minimum absolute atomic E-state index is 0.175. The van der Waals surface area contributed by atoms with Crippen LogP contribution in [0.25, 0.3) is 10.9 Å². The first-order chi connectivity index (χ1) is 8.66. The number of para-hydroxylation sites is 1. The molecule has 0 unspecified atom stereocenters. The van der Waals surface area contributed by atoms with Crippen LogP contribution in [0.15, 0.2) is 46.8 Å². The van der Waals surface area contributed by atoms with Crippen LogP contribution in [0.3, 0.4) is 0 Å². The summed E-state index contributed by atoms with van der Waals surface area (Å²) in [7, 11) is 0. The molecule has 2 aromatic rings. The number of aromatic amines is 1. The van der Waals surface area contributed by atoms with Crippen LogP contribution in [-0.2, 0) is 0 Å². The van der Waals surface area contributed by atoms with Crippen molar-refractivity contribution in [2.24, 2.45) is 0 Å². The van der Waals surface area contributed by atoms with Crippen molar-refractivity contribution in [3.8, 4) is 5.75 Å².